The minimum atomic E-state index is -0.365. The molecule has 0 aromatic heterocycles. The number of rotatable bonds is 7. The molecule has 6 heteroatoms. The highest BCUT2D eigenvalue weighted by Crippen LogP contribution is 2.29. The first-order valence-electron chi connectivity index (χ1n) is 9.13. The van der Waals surface area contributed by atoms with Crippen LogP contribution >= 0.6 is 15.9 Å². The summed E-state index contributed by atoms with van der Waals surface area (Å²) in [4.78, 5) is 24.2. The van der Waals surface area contributed by atoms with Crippen LogP contribution < -0.4 is 15.4 Å². The smallest absolute Gasteiger partial charge is 0.258 e. The van der Waals surface area contributed by atoms with Crippen LogP contribution in [0.4, 0.5) is 5.69 Å². The Hall–Kier alpha value is -3.12. The molecule has 29 heavy (non-hydrogen) atoms. The standard InChI is InChI=1S/C23H21BrN2O3/c1-16-13-18(24)11-12-20(16)26-22(27)14-25-23(28)15-29-21-10-6-5-9-19(21)17-7-3-2-4-8-17/h2-13H,14-15H2,1H3,(H,25,28)(H,26,27). The van der Waals surface area contributed by atoms with Crippen molar-refractivity contribution < 1.29 is 14.3 Å². The number of benzene rings is 3. The zero-order chi connectivity index (χ0) is 20.6. The second-order valence-corrected chi connectivity index (χ2v) is 7.35. The number of anilines is 1. The summed E-state index contributed by atoms with van der Waals surface area (Å²) in [5.41, 5.74) is 3.55. The van der Waals surface area contributed by atoms with Crippen LogP contribution in [-0.4, -0.2) is 25.0 Å². The van der Waals surface area contributed by atoms with E-state index in [0.717, 1.165) is 21.2 Å². The minimum absolute atomic E-state index is 0.127. The molecule has 0 aliphatic heterocycles. The first-order valence-corrected chi connectivity index (χ1v) is 9.92. The Labute approximate surface area is 178 Å². The van der Waals surface area contributed by atoms with Crippen molar-refractivity contribution in [3.05, 3.63) is 82.8 Å². The van der Waals surface area contributed by atoms with Gasteiger partial charge in [0.05, 0.1) is 6.54 Å². The van der Waals surface area contributed by atoms with Gasteiger partial charge in [-0.2, -0.15) is 0 Å². The van der Waals surface area contributed by atoms with Gasteiger partial charge in [-0.3, -0.25) is 9.59 Å². The van der Waals surface area contributed by atoms with Gasteiger partial charge in [-0.25, -0.2) is 0 Å². The Balaban J connectivity index is 1.51. The molecular weight excluding hydrogens is 432 g/mol. The molecule has 2 N–H and O–H groups in total. The van der Waals surface area contributed by atoms with E-state index < -0.39 is 0 Å². The van der Waals surface area contributed by atoms with E-state index in [9.17, 15) is 9.59 Å². The number of para-hydroxylation sites is 1. The van der Waals surface area contributed by atoms with Crippen molar-refractivity contribution in [3.63, 3.8) is 0 Å². The van der Waals surface area contributed by atoms with Crippen LogP contribution in [0, 0.1) is 6.92 Å². The first-order chi connectivity index (χ1) is 14.0. The number of amides is 2. The quantitative estimate of drug-likeness (QED) is 0.551. The topological polar surface area (TPSA) is 67.4 Å². The zero-order valence-electron chi connectivity index (χ0n) is 15.9. The number of carbonyl (C=O) groups excluding carboxylic acids is 2. The minimum Gasteiger partial charge on any atom is -0.483 e. The summed E-state index contributed by atoms with van der Waals surface area (Å²) in [5, 5.41) is 5.36. The lowest BCUT2D eigenvalue weighted by Crippen LogP contribution is -2.35. The van der Waals surface area contributed by atoms with E-state index in [1.54, 1.807) is 0 Å². The summed E-state index contributed by atoms with van der Waals surface area (Å²) in [6.07, 6.45) is 0. The van der Waals surface area contributed by atoms with Gasteiger partial charge in [0.2, 0.25) is 5.91 Å². The lowest BCUT2D eigenvalue weighted by Gasteiger charge is -2.12. The summed E-state index contributed by atoms with van der Waals surface area (Å²) in [6, 6.07) is 22.9. The molecule has 5 nitrogen and oxygen atoms in total. The van der Waals surface area contributed by atoms with Crippen molar-refractivity contribution >= 4 is 33.4 Å². The summed E-state index contributed by atoms with van der Waals surface area (Å²) >= 11 is 3.39. The number of carbonyl (C=O) groups is 2. The van der Waals surface area contributed by atoms with E-state index in [1.165, 1.54) is 0 Å². The van der Waals surface area contributed by atoms with Crippen LogP contribution in [0.2, 0.25) is 0 Å². The number of hydrogen-bond acceptors (Lipinski definition) is 3. The van der Waals surface area contributed by atoms with Crippen molar-refractivity contribution in [2.75, 3.05) is 18.5 Å². The molecule has 3 aromatic carbocycles. The van der Waals surface area contributed by atoms with Crippen LogP contribution in [0.15, 0.2) is 77.3 Å². The summed E-state index contributed by atoms with van der Waals surface area (Å²) < 4.78 is 6.63. The Morgan fingerprint density at radius 2 is 1.66 bits per heavy atom. The van der Waals surface area contributed by atoms with Crippen molar-refractivity contribution in [1.82, 2.24) is 5.32 Å². The predicted molar refractivity (Wildman–Crippen MR) is 118 cm³/mol. The number of ether oxygens (including phenoxy) is 1. The fourth-order valence-electron chi connectivity index (χ4n) is 2.78. The molecule has 3 rings (SSSR count). The van der Waals surface area contributed by atoms with E-state index in [4.69, 9.17) is 4.74 Å². The average Bonchev–Trinajstić information content (AvgIpc) is 2.73. The molecule has 0 fully saturated rings. The molecule has 0 saturated carbocycles. The molecule has 0 heterocycles. The maximum Gasteiger partial charge on any atom is 0.258 e. The molecule has 0 aliphatic rings. The number of halogens is 1. The second-order valence-electron chi connectivity index (χ2n) is 6.44. The highest BCUT2D eigenvalue weighted by atomic mass is 79.9. The average molecular weight is 453 g/mol. The number of hydrogen-bond donors (Lipinski definition) is 2. The Kier molecular flexibility index (Phi) is 7.03. The van der Waals surface area contributed by atoms with E-state index in [1.807, 2.05) is 79.7 Å². The highest BCUT2D eigenvalue weighted by Gasteiger charge is 2.10. The molecule has 148 valence electrons. The van der Waals surface area contributed by atoms with E-state index in [2.05, 4.69) is 26.6 Å². The lowest BCUT2D eigenvalue weighted by atomic mass is 10.1. The van der Waals surface area contributed by atoms with Crippen molar-refractivity contribution in [2.24, 2.45) is 0 Å². The van der Waals surface area contributed by atoms with Crippen molar-refractivity contribution in [1.29, 1.82) is 0 Å². The van der Waals surface area contributed by atoms with Gasteiger partial charge in [0.1, 0.15) is 5.75 Å². The van der Waals surface area contributed by atoms with Gasteiger partial charge in [0.15, 0.2) is 6.61 Å². The first kappa shape index (κ1) is 20.6. The highest BCUT2D eigenvalue weighted by molar-refractivity contribution is 9.10. The molecule has 0 spiro atoms. The summed E-state index contributed by atoms with van der Waals surface area (Å²) in [6.45, 7) is 1.60. The number of nitrogens with one attached hydrogen (secondary N) is 2. The van der Waals surface area contributed by atoms with E-state index in [0.29, 0.717) is 11.4 Å². The normalized spacial score (nSPS) is 10.3. The second kappa shape index (κ2) is 9.89. The van der Waals surface area contributed by atoms with Crippen molar-refractivity contribution in [3.8, 4) is 16.9 Å². The van der Waals surface area contributed by atoms with Crippen LogP contribution in [0.5, 0.6) is 5.75 Å². The van der Waals surface area contributed by atoms with Gasteiger partial charge in [-0.15, -0.1) is 0 Å². The largest absolute Gasteiger partial charge is 0.483 e. The fourth-order valence-corrected chi connectivity index (χ4v) is 3.26. The molecule has 3 aromatic rings. The third kappa shape index (κ3) is 5.93. The Bertz CT molecular complexity index is 1010. The lowest BCUT2D eigenvalue weighted by molar-refractivity contribution is -0.125. The summed E-state index contributed by atoms with van der Waals surface area (Å²) in [5.74, 6) is -0.0483. The third-order valence-corrected chi connectivity index (χ3v) is 4.73. The fraction of sp³-hybridized carbons (Fsp3) is 0.130. The third-order valence-electron chi connectivity index (χ3n) is 4.24. The van der Waals surface area contributed by atoms with Gasteiger partial charge in [0.25, 0.3) is 5.91 Å². The maximum atomic E-state index is 12.1. The molecule has 2 amide bonds. The predicted octanol–water partition coefficient (Wildman–Crippen LogP) is 4.56. The SMILES string of the molecule is Cc1cc(Br)ccc1NC(=O)CNC(=O)COc1ccccc1-c1ccccc1. The maximum absolute atomic E-state index is 12.1. The van der Waals surface area contributed by atoms with E-state index >= 15 is 0 Å². The molecule has 0 unspecified atom stereocenters. The van der Waals surface area contributed by atoms with Crippen LogP contribution in [0.25, 0.3) is 11.1 Å². The van der Waals surface area contributed by atoms with Gasteiger partial charge in [0, 0.05) is 15.7 Å². The van der Waals surface area contributed by atoms with Gasteiger partial charge >= 0.3 is 0 Å². The van der Waals surface area contributed by atoms with Gasteiger partial charge < -0.3 is 15.4 Å². The Morgan fingerprint density at radius 1 is 0.931 bits per heavy atom. The molecule has 0 radical (unpaired) electrons. The molecule has 0 atom stereocenters. The van der Waals surface area contributed by atoms with Gasteiger partial charge in [-0.05, 0) is 42.3 Å². The van der Waals surface area contributed by atoms with Gasteiger partial charge in [-0.1, -0.05) is 64.5 Å². The molecular formula is C23H21BrN2O3. The monoisotopic (exact) mass is 452 g/mol. The van der Waals surface area contributed by atoms with Crippen LogP contribution in [-0.2, 0) is 9.59 Å². The molecule has 0 aliphatic carbocycles. The summed E-state index contributed by atoms with van der Waals surface area (Å²) in [7, 11) is 0. The zero-order valence-corrected chi connectivity index (χ0v) is 17.5. The molecule has 0 saturated heterocycles. The van der Waals surface area contributed by atoms with Crippen LogP contribution in [0.3, 0.4) is 0 Å². The van der Waals surface area contributed by atoms with Crippen molar-refractivity contribution in [2.45, 2.75) is 6.92 Å². The molecule has 0 bridgehead atoms. The van der Waals surface area contributed by atoms with E-state index in [-0.39, 0.29) is 25.0 Å². The Morgan fingerprint density at radius 3 is 2.41 bits per heavy atom. The number of aryl methyl sites for hydroxylation is 1. The van der Waals surface area contributed by atoms with Crippen LogP contribution in [0.1, 0.15) is 5.56 Å².